The third-order valence-electron chi connectivity index (χ3n) is 2.80. The third kappa shape index (κ3) is 3.88. The molecule has 1 saturated heterocycles. The van der Waals surface area contributed by atoms with E-state index >= 15 is 0 Å². The zero-order valence-corrected chi connectivity index (χ0v) is 10.3. The Morgan fingerprint density at radius 2 is 1.84 bits per heavy atom. The van der Waals surface area contributed by atoms with Gasteiger partial charge in [0.25, 0.3) is 0 Å². The summed E-state index contributed by atoms with van der Waals surface area (Å²) >= 11 is 0. The molecule has 19 heavy (non-hydrogen) atoms. The molecule has 1 aromatic heterocycles. The van der Waals surface area contributed by atoms with Gasteiger partial charge >= 0.3 is 12.0 Å². The second kappa shape index (κ2) is 6.10. The fraction of sp³-hybridized carbons (Fsp3) is 0.455. The Kier molecular flexibility index (Phi) is 4.24. The molecule has 0 spiro atoms. The summed E-state index contributed by atoms with van der Waals surface area (Å²) in [5, 5.41) is 11.3. The van der Waals surface area contributed by atoms with E-state index in [1.165, 1.54) is 0 Å². The predicted octanol–water partition coefficient (Wildman–Crippen LogP) is -0.289. The second-order valence-corrected chi connectivity index (χ2v) is 4.16. The molecule has 8 heteroatoms. The maximum atomic E-state index is 11.9. The van der Waals surface area contributed by atoms with E-state index in [0.29, 0.717) is 26.2 Å². The molecular weight excluding hydrogens is 250 g/mol. The van der Waals surface area contributed by atoms with Gasteiger partial charge in [0, 0.05) is 38.6 Å². The minimum absolute atomic E-state index is 0.0112. The van der Waals surface area contributed by atoms with E-state index in [1.54, 1.807) is 28.3 Å². The largest absolute Gasteiger partial charge is 0.480 e. The first-order chi connectivity index (χ1) is 9.15. The summed E-state index contributed by atoms with van der Waals surface area (Å²) in [5.41, 5.74) is 0. The Morgan fingerprint density at radius 3 is 2.42 bits per heavy atom. The maximum absolute atomic E-state index is 11.9. The van der Waals surface area contributed by atoms with Crippen molar-refractivity contribution in [1.29, 1.82) is 0 Å². The van der Waals surface area contributed by atoms with Crippen LogP contribution in [0.2, 0.25) is 0 Å². The lowest BCUT2D eigenvalue weighted by Crippen LogP contribution is -2.51. The zero-order chi connectivity index (χ0) is 13.7. The number of aromatic nitrogens is 2. The molecule has 0 unspecified atom stereocenters. The highest BCUT2D eigenvalue weighted by atomic mass is 16.4. The Bertz CT molecular complexity index is 445. The number of amides is 2. The normalized spacial score (nSPS) is 16.1. The van der Waals surface area contributed by atoms with Crippen molar-refractivity contribution in [3.63, 3.8) is 0 Å². The van der Waals surface area contributed by atoms with Gasteiger partial charge in [-0.15, -0.1) is 0 Å². The summed E-state index contributed by atoms with van der Waals surface area (Å²) in [6, 6.07) is 1.40. The summed E-state index contributed by atoms with van der Waals surface area (Å²) in [6.07, 6.45) is 3.10. The number of nitrogens with zero attached hydrogens (tertiary/aromatic N) is 4. The number of aliphatic carboxylic acids is 1. The number of carbonyl (C=O) groups excluding carboxylic acids is 1. The van der Waals surface area contributed by atoms with Gasteiger partial charge in [0.15, 0.2) is 0 Å². The first-order valence-electron chi connectivity index (χ1n) is 5.92. The first-order valence-corrected chi connectivity index (χ1v) is 5.92. The monoisotopic (exact) mass is 265 g/mol. The molecule has 2 N–H and O–H groups in total. The highest BCUT2D eigenvalue weighted by Gasteiger charge is 2.22. The molecule has 0 saturated carbocycles. The van der Waals surface area contributed by atoms with Crippen molar-refractivity contribution in [3.05, 3.63) is 18.5 Å². The van der Waals surface area contributed by atoms with E-state index in [-0.39, 0.29) is 18.5 Å². The molecule has 2 rings (SSSR count). The molecule has 1 aliphatic heterocycles. The van der Waals surface area contributed by atoms with Gasteiger partial charge in [-0.2, -0.15) is 0 Å². The van der Waals surface area contributed by atoms with E-state index < -0.39 is 5.97 Å². The zero-order valence-electron chi connectivity index (χ0n) is 10.3. The van der Waals surface area contributed by atoms with E-state index in [2.05, 4.69) is 15.3 Å². The average Bonchev–Trinajstić information content (AvgIpc) is 2.40. The van der Waals surface area contributed by atoms with Crippen molar-refractivity contribution >= 4 is 17.9 Å². The predicted molar refractivity (Wildman–Crippen MR) is 66.7 cm³/mol. The van der Waals surface area contributed by atoms with Crippen LogP contribution in [0.25, 0.3) is 0 Å². The molecule has 102 valence electrons. The summed E-state index contributed by atoms with van der Waals surface area (Å²) in [6.45, 7) is 2.10. The number of hydrogen-bond donors (Lipinski definition) is 2. The molecule has 0 atom stereocenters. The number of carboxylic acids is 1. The molecule has 1 aromatic rings. The molecule has 8 nitrogen and oxygen atoms in total. The summed E-state index contributed by atoms with van der Waals surface area (Å²) in [4.78, 5) is 33.7. The van der Waals surface area contributed by atoms with Crippen LogP contribution in [0.5, 0.6) is 0 Å². The van der Waals surface area contributed by atoms with E-state index in [4.69, 9.17) is 5.11 Å². The van der Waals surface area contributed by atoms with Crippen molar-refractivity contribution in [2.45, 2.75) is 0 Å². The Labute approximate surface area is 110 Å². The van der Waals surface area contributed by atoms with Gasteiger partial charge in [-0.3, -0.25) is 15.0 Å². The van der Waals surface area contributed by atoms with Crippen LogP contribution in [-0.2, 0) is 4.79 Å². The van der Waals surface area contributed by atoms with Crippen LogP contribution in [0.15, 0.2) is 18.5 Å². The molecular formula is C11H15N5O3. The molecule has 1 aliphatic rings. The molecule has 0 aliphatic carbocycles. The van der Waals surface area contributed by atoms with Crippen LogP contribution in [0, 0.1) is 0 Å². The van der Waals surface area contributed by atoms with Gasteiger partial charge < -0.3 is 10.0 Å². The van der Waals surface area contributed by atoms with Crippen molar-refractivity contribution in [3.8, 4) is 0 Å². The van der Waals surface area contributed by atoms with Crippen molar-refractivity contribution in [2.75, 3.05) is 38.0 Å². The van der Waals surface area contributed by atoms with Crippen LogP contribution in [-0.4, -0.2) is 69.6 Å². The van der Waals surface area contributed by atoms with Crippen molar-refractivity contribution in [2.24, 2.45) is 0 Å². The standard InChI is InChI=1S/C11H15N5O3/c17-9(18)8-15-4-6-16(7-5-15)11(19)14-10-12-2-1-3-13-10/h1-3H,4-8H2,(H,17,18)(H,12,13,14,19). The number of nitrogens with one attached hydrogen (secondary N) is 1. The van der Waals surface area contributed by atoms with Gasteiger partial charge in [-0.25, -0.2) is 14.8 Å². The number of piperazine rings is 1. The van der Waals surface area contributed by atoms with Gasteiger partial charge in [-0.05, 0) is 6.07 Å². The maximum Gasteiger partial charge on any atom is 0.324 e. The minimum Gasteiger partial charge on any atom is -0.480 e. The Hall–Kier alpha value is -2.22. The van der Waals surface area contributed by atoms with Gasteiger partial charge in [0.1, 0.15) is 0 Å². The molecule has 2 heterocycles. The van der Waals surface area contributed by atoms with Gasteiger partial charge in [-0.1, -0.05) is 0 Å². The van der Waals surface area contributed by atoms with Gasteiger partial charge in [0.2, 0.25) is 5.95 Å². The summed E-state index contributed by atoms with van der Waals surface area (Å²) in [7, 11) is 0. The van der Waals surface area contributed by atoms with Crippen molar-refractivity contribution < 1.29 is 14.7 Å². The Balaban J connectivity index is 1.81. The highest BCUT2D eigenvalue weighted by molar-refractivity contribution is 5.87. The molecule has 0 radical (unpaired) electrons. The third-order valence-corrected chi connectivity index (χ3v) is 2.80. The smallest absolute Gasteiger partial charge is 0.324 e. The SMILES string of the molecule is O=C(O)CN1CCN(C(=O)Nc2ncccn2)CC1. The van der Waals surface area contributed by atoms with Crippen LogP contribution >= 0.6 is 0 Å². The molecule has 0 aromatic carbocycles. The second-order valence-electron chi connectivity index (χ2n) is 4.16. The fourth-order valence-electron chi connectivity index (χ4n) is 1.84. The number of hydrogen-bond acceptors (Lipinski definition) is 5. The highest BCUT2D eigenvalue weighted by Crippen LogP contribution is 2.04. The lowest BCUT2D eigenvalue weighted by Gasteiger charge is -2.33. The number of carbonyl (C=O) groups is 2. The molecule has 0 bridgehead atoms. The summed E-state index contributed by atoms with van der Waals surface area (Å²) < 4.78 is 0. The van der Waals surface area contributed by atoms with Crippen LogP contribution in [0.1, 0.15) is 0 Å². The average molecular weight is 265 g/mol. The molecule has 2 amide bonds. The van der Waals surface area contributed by atoms with Crippen LogP contribution < -0.4 is 5.32 Å². The van der Waals surface area contributed by atoms with Gasteiger partial charge in [0.05, 0.1) is 6.54 Å². The Morgan fingerprint density at radius 1 is 1.21 bits per heavy atom. The van der Waals surface area contributed by atoms with E-state index in [1.807, 2.05) is 0 Å². The van der Waals surface area contributed by atoms with Crippen molar-refractivity contribution in [1.82, 2.24) is 19.8 Å². The number of carboxylic acid groups (broad SMARTS) is 1. The van der Waals surface area contributed by atoms with E-state index in [0.717, 1.165) is 0 Å². The summed E-state index contributed by atoms with van der Waals surface area (Å²) in [5.74, 6) is -0.587. The number of anilines is 1. The minimum atomic E-state index is -0.851. The number of rotatable bonds is 3. The topological polar surface area (TPSA) is 98.7 Å². The number of urea groups is 1. The lowest BCUT2D eigenvalue weighted by molar-refractivity contribution is -0.138. The quantitative estimate of drug-likeness (QED) is 0.779. The fourth-order valence-corrected chi connectivity index (χ4v) is 1.84. The van der Waals surface area contributed by atoms with Crippen LogP contribution in [0.4, 0.5) is 10.7 Å². The van der Waals surface area contributed by atoms with Crippen LogP contribution in [0.3, 0.4) is 0 Å². The van der Waals surface area contributed by atoms with E-state index in [9.17, 15) is 9.59 Å². The lowest BCUT2D eigenvalue weighted by atomic mass is 10.3. The molecule has 1 fully saturated rings. The first kappa shape index (κ1) is 13.2.